The van der Waals surface area contributed by atoms with Crippen molar-refractivity contribution in [3.05, 3.63) is 70.1 Å². The molecule has 0 unspecified atom stereocenters. The maximum atomic E-state index is 11.7. The molecule has 1 N–H and O–H groups in total. The Labute approximate surface area is 152 Å². The number of aromatic hydroxyl groups is 1. The molecule has 0 saturated heterocycles. The summed E-state index contributed by atoms with van der Waals surface area (Å²) in [6.45, 7) is 1.98. The van der Waals surface area contributed by atoms with E-state index in [0.29, 0.717) is 22.4 Å². The number of nitrogens with zero attached hydrogens (tertiary/aromatic N) is 2. The van der Waals surface area contributed by atoms with Crippen LogP contribution in [0.2, 0.25) is 0 Å². The second-order valence-electron chi connectivity index (χ2n) is 5.75. The van der Waals surface area contributed by atoms with Gasteiger partial charge in [0.2, 0.25) is 5.89 Å². The molecule has 0 amide bonds. The van der Waals surface area contributed by atoms with Crippen LogP contribution in [0.4, 0.5) is 0 Å². The van der Waals surface area contributed by atoms with Gasteiger partial charge in [-0.05, 0) is 36.2 Å². The molecular weight excluding hydrogens is 352 g/mol. The zero-order valence-electron chi connectivity index (χ0n) is 13.8. The van der Waals surface area contributed by atoms with Gasteiger partial charge in [0.1, 0.15) is 11.3 Å². The highest BCUT2D eigenvalue weighted by Gasteiger charge is 2.13. The molecule has 0 aliphatic rings. The number of hydrogen-bond acceptors (Lipinski definition) is 7. The zero-order valence-corrected chi connectivity index (χ0v) is 14.6. The largest absolute Gasteiger partial charge is 0.508 e. The van der Waals surface area contributed by atoms with E-state index in [1.165, 1.54) is 23.9 Å². The van der Waals surface area contributed by atoms with Crippen molar-refractivity contribution in [3.63, 3.8) is 0 Å². The van der Waals surface area contributed by atoms with Gasteiger partial charge < -0.3 is 13.9 Å². The van der Waals surface area contributed by atoms with E-state index in [1.54, 1.807) is 12.1 Å². The molecule has 0 bridgehead atoms. The first kappa shape index (κ1) is 16.4. The average molecular weight is 366 g/mol. The standard InChI is InChI=1S/C19H14N2O4S/c1-11-4-2-3-5-14(11)18-20-21-19(25-18)26-10-12-8-17(23)24-16-9-13(22)6-7-15(12)16/h2-9,22H,10H2,1H3. The van der Waals surface area contributed by atoms with E-state index in [0.717, 1.165) is 22.1 Å². The smallest absolute Gasteiger partial charge is 0.336 e. The molecule has 0 aliphatic carbocycles. The Morgan fingerprint density at radius 1 is 1.08 bits per heavy atom. The van der Waals surface area contributed by atoms with Crippen LogP contribution in [0.1, 0.15) is 11.1 Å². The average Bonchev–Trinajstić information content (AvgIpc) is 3.08. The molecule has 6 nitrogen and oxygen atoms in total. The topological polar surface area (TPSA) is 89.4 Å². The number of aryl methyl sites for hydroxylation is 1. The first-order valence-corrected chi connectivity index (χ1v) is 8.87. The molecule has 2 aromatic carbocycles. The maximum Gasteiger partial charge on any atom is 0.336 e. The van der Waals surface area contributed by atoms with E-state index >= 15 is 0 Å². The number of aromatic nitrogens is 2. The normalized spacial score (nSPS) is 11.1. The number of benzene rings is 2. The molecule has 26 heavy (non-hydrogen) atoms. The number of phenols is 1. The third-order valence-corrected chi connectivity index (χ3v) is 4.81. The van der Waals surface area contributed by atoms with Crippen LogP contribution in [0, 0.1) is 6.92 Å². The summed E-state index contributed by atoms with van der Waals surface area (Å²) >= 11 is 1.34. The van der Waals surface area contributed by atoms with Crippen molar-refractivity contribution in [1.29, 1.82) is 0 Å². The summed E-state index contributed by atoms with van der Waals surface area (Å²) in [5.41, 5.74) is 2.60. The second kappa shape index (κ2) is 6.68. The third-order valence-electron chi connectivity index (χ3n) is 3.95. The van der Waals surface area contributed by atoms with Crippen molar-refractivity contribution in [2.45, 2.75) is 17.9 Å². The molecule has 2 heterocycles. The SMILES string of the molecule is Cc1ccccc1-c1nnc(SCc2cc(=O)oc3cc(O)ccc23)o1. The fourth-order valence-electron chi connectivity index (χ4n) is 2.67. The van der Waals surface area contributed by atoms with Gasteiger partial charge in [-0.3, -0.25) is 0 Å². The van der Waals surface area contributed by atoms with Gasteiger partial charge in [0.15, 0.2) is 0 Å². The van der Waals surface area contributed by atoms with E-state index in [1.807, 2.05) is 31.2 Å². The number of rotatable bonds is 4. The van der Waals surface area contributed by atoms with Gasteiger partial charge in [0.05, 0.1) is 0 Å². The van der Waals surface area contributed by atoms with Crippen molar-refractivity contribution >= 4 is 22.7 Å². The molecular formula is C19H14N2O4S. The van der Waals surface area contributed by atoms with Gasteiger partial charge in [-0.15, -0.1) is 10.2 Å². The van der Waals surface area contributed by atoms with Gasteiger partial charge in [0, 0.05) is 28.8 Å². The highest BCUT2D eigenvalue weighted by atomic mass is 32.2. The summed E-state index contributed by atoms with van der Waals surface area (Å²) in [6, 6.07) is 13.9. The Morgan fingerprint density at radius 2 is 1.92 bits per heavy atom. The van der Waals surface area contributed by atoms with Crippen LogP contribution in [0.3, 0.4) is 0 Å². The molecule has 7 heteroatoms. The van der Waals surface area contributed by atoms with E-state index in [2.05, 4.69) is 10.2 Å². The minimum atomic E-state index is -0.468. The second-order valence-corrected chi connectivity index (χ2v) is 6.67. The highest BCUT2D eigenvalue weighted by Crippen LogP contribution is 2.30. The summed E-state index contributed by atoms with van der Waals surface area (Å²) in [5.74, 6) is 0.973. The van der Waals surface area contributed by atoms with Crippen LogP contribution in [0.25, 0.3) is 22.4 Å². The van der Waals surface area contributed by atoms with Crippen LogP contribution in [0.15, 0.2) is 67.4 Å². The molecule has 2 aromatic heterocycles. The lowest BCUT2D eigenvalue weighted by molar-refractivity contribution is 0.465. The van der Waals surface area contributed by atoms with Crippen molar-refractivity contribution in [2.24, 2.45) is 0 Å². The summed E-state index contributed by atoms with van der Waals surface area (Å²) in [6.07, 6.45) is 0. The number of phenolic OH excluding ortho intramolecular Hbond substituents is 1. The van der Waals surface area contributed by atoms with Gasteiger partial charge in [-0.1, -0.05) is 30.0 Å². The van der Waals surface area contributed by atoms with Crippen LogP contribution >= 0.6 is 11.8 Å². The molecule has 130 valence electrons. The monoisotopic (exact) mass is 366 g/mol. The fourth-order valence-corrected chi connectivity index (χ4v) is 3.42. The lowest BCUT2D eigenvalue weighted by Crippen LogP contribution is -1.99. The minimum Gasteiger partial charge on any atom is -0.508 e. The summed E-state index contributed by atoms with van der Waals surface area (Å²) in [7, 11) is 0. The molecule has 0 spiro atoms. The summed E-state index contributed by atoms with van der Waals surface area (Å²) in [4.78, 5) is 11.7. The fraction of sp³-hybridized carbons (Fsp3) is 0.105. The van der Waals surface area contributed by atoms with E-state index in [-0.39, 0.29) is 5.75 Å². The summed E-state index contributed by atoms with van der Waals surface area (Å²) in [5, 5.41) is 18.9. The Morgan fingerprint density at radius 3 is 2.77 bits per heavy atom. The molecule has 0 atom stereocenters. The first-order chi connectivity index (χ1) is 12.6. The van der Waals surface area contributed by atoms with E-state index < -0.39 is 5.63 Å². The van der Waals surface area contributed by atoms with Crippen LogP contribution in [-0.4, -0.2) is 15.3 Å². The third kappa shape index (κ3) is 3.21. The Hall–Kier alpha value is -3.06. The van der Waals surface area contributed by atoms with Crippen LogP contribution in [0.5, 0.6) is 5.75 Å². The molecule has 4 aromatic rings. The van der Waals surface area contributed by atoms with Crippen molar-refractivity contribution in [3.8, 4) is 17.2 Å². The van der Waals surface area contributed by atoms with Crippen LogP contribution < -0.4 is 5.63 Å². The lowest BCUT2D eigenvalue weighted by atomic mass is 10.1. The van der Waals surface area contributed by atoms with Gasteiger partial charge >= 0.3 is 5.63 Å². The van der Waals surface area contributed by atoms with Crippen molar-refractivity contribution in [2.75, 3.05) is 0 Å². The number of hydrogen-bond donors (Lipinski definition) is 1. The minimum absolute atomic E-state index is 0.0465. The number of thioether (sulfide) groups is 1. The van der Waals surface area contributed by atoms with Crippen molar-refractivity contribution < 1.29 is 13.9 Å². The predicted octanol–water partition coefficient (Wildman–Crippen LogP) is 4.15. The molecule has 0 aliphatic heterocycles. The molecule has 0 radical (unpaired) electrons. The van der Waals surface area contributed by atoms with E-state index in [4.69, 9.17) is 8.83 Å². The Kier molecular flexibility index (Phi) is 4.22. The van der Waals surface area contributed by atoms with Crippen molar-refractivity contribution in [1.82, 2.24) is 10.2 Å². The Balaban J connectivity index is 1.60. The summed E-state index contributed by atoms with van der Waals surface area (Å²) < 4.78 is 10.9. The van der Waals surface area contributed by atoms with Gasteiger partial charge in [0.25, 0.3) is 5.22 Å². The molecule has 0 fully saturated rings. The van der Waals surface area contributed by atoms with E-state index in [9.17, 15) is 9.90 Å². The molecule has 0 saturated carbocycles. The van der Waals surface area contributed by atoms with Gasteiger partial charge in [-0.2, -0.15) is 0 Å². The first-order valence-electron chi connectivity index (χ1n) is 7.88. The number of fused-ring (bicyclic) bond motifs is 1. The lowest BCUT2D eigenvalue weighted by Gasteiger charge is -2.04. The quantitative estimate of drug-likeness (QED) is 0.429. The highest BCUT2D eigenvalue weighted by molar-refractivity contribution is 7.98. The van der Waals surface area contributed by atoms with Gasteiger partial charge in [-0.25, -0.2) is 4.79 Å². The molecule has 4 rings (SSSR count). The predicted molar refractivity (Wildman–Crippen MR) is 98.2 cm³/mol. The maximum absolute atomic E-state index is 11.7. The Bertz CT molecular complexity index is 1150. The van der Waals surface area contributed by atoms with Crippen LogP contribution in [-0.2, 0) is 5.75 Å². The zero-order chi connectivity index (χ0) is 18.1.